The van der Waals surface area contributed by atoms with Gasteiger partial charge in [0.25, 0.3) is 0 Å². The van der Waals surface area contributed by atoms with Crippen LogP contribution < -0.4 is 11.1 Å². The zero-order valence-electron chi connectivity index (χ0n) is 12.4. The maximum Gasteiger partial charge on any atom is 0.234 e. The monoisotopic (exact) mass is 351 g/mol. The first-order chi connectivity index (χ1) is 9.37. The Morgan fingerprint density at radius 1 is 1.57 bits per heavy atom. The summed E-state index contributed by atoms with van der Waals surface area (Å²) in [5, 5.41) is 2.94. The van der Waals surface area contributed by atoms with Crippen molar-refractivity contribution in [2.75, 3.05) is 19.6 Å². The van der Waals surface area contributed by atoms with Crippen LogP contribution in [0.4, 0.5) is 0 Å². The lowest BCUT2D eigenvalue weighted by Crippen LogP contribution is -2.54. The summed E-state index contributed by atoms with van der Waals surface area (Å²) in [6.07, 6.45) is 0.945. The molecule has 1 amide bonds. The van der Waals surface area contributed by atoms with E-state index in [0.29, 0.717) is 13.1 Å². The Labute approximate surface area is 141 Å². The Morgan fingerprint density at radius 2 is 2.29 bits per heavy atom. The van der Waals surface area contributed by atoms with Crippen molar-refractivity contribution < 1.29 is 4.79 Å². The summed E-state index contributed by atoms with van der Waals surface area (Å²) in [7, 11) is 0. The van der Waals surface area contributed by atoms with Gasteiger partial charge in [0.2, 0.25) is 5.91 Å². The molecular weight excluding hydrogens is 329 g/mol. The van der Waals surface area contributed by atoms with Crippen LogP contribution in [0, 0.1) is 5.41 Å². The minimum Gasteiger partial charge on any atom is -0.350 e. The largest absolute Gasteiger partial charge is 0.350 e. The van der Waals surface area contributed by atoms with Crippen LogP contribution in [0.3, 0.4) is 0 Å². The van der Waals surface area contributed by atoms with E-state index in [2.05, 4.69) is 24.1 Å². The number of nitrogens with two attached hydrogens (primary N) is 1. The fourth-order valence-corrected chi connectivity index (χ4v) is 3.54. The van der Waals surface area contributed by atoms with E-state index in [4.69, 9.17) is 17.3 Å². The molecule has 7 heteroatoms. The average molecular weight is 352 g/mol. The highest BCUT2D eigenvalue weighted by Crippen LogP contribution is 2.27. The lowest BCUT2D eigenvalue weighted by molar-refractivity contribution is -0.123. The molecule has 1 saturated heterocycles. The molecule has 0 saturated carbocycles. The zero-order valence-corrected chi connectivity index (χ0v) is 14.8. The number of piperidine rings is 1. The van der Waals surface area contributed by atoms with Gasteiger partial charge < -0.3 is 11.1 Å². The van der Waals surface area contributed by atoms with Gasteiger partial charge in [0.15, 0.2) is 0 Å². The molecule has 1 aromatic heterocycles. The Morgan fingerprint density at radius 3 is 2.86 bits per heavy atom. The van der Waals surface area contributed by atoms with Crippen LogP contribution in [-0.2, 0) is 11.3 Å². The SMILES string of the molecule is CC1(C)CN(CC(=O)NCc2ccc(Cl)s2)CCC1N.Cl. The number of carbonyl (C=O) groups is 1. The molecule has 1 atom stereocenters. The number of amides is 1. The fraction of sp³-hybridized carbons (Fsp3) is 0.643. The molecule has 1 aliphatic rings. The van der Waals surface area contributed by atoms with Crippen molar-refractivity contribution in [1.29, 1.82) is 0 Å². The van der Waals surface area contributed by atoms with Crippen LogP contribution in [0.5, 0.6) is 0 Å². The predicted molar refractivity (Wildman–Crippen MR) is 91.2 cm³/mol. The first-order valence-corrected chi connectivity index (χ1v) is 8.05. The number of rotatable bonds is 4. The molecule has 3 N–H and O–H groups in total. The van der Waals surface area contributed by atoms with Crippen LogP contribution >= 0.6 is 35.3 Å². The van der Waals surface area contributed by atoms with Crippen molar-refractivity contribution in [2.24, 2.45) is 11.1 Å². The highest BCUT2D eigenvalue weighted by molar-refractivity contribution is 7.16. The first kappa shape index (κ1) is 18.7. The van der Waals surface area contributed by atoms with E-state index in [0.717, 1.165) is 28.7 Å². The number of carbonyl (C=O) groups excluding carboxylic acids is 1. The summed E-state index contributed by atoms with van der Waals surface area (Å²) in [6.45, 7) is 7.07. The Hall–Kier alpha value is -0.330. The highest BCUT2D eigenvalue weighted by Gasteiger charge is 2.33. The lowest BCUT2D eigenvalue weighted by Gasteiger charge is -2.42. The van der Waals surface area contributed by atoms with Gasteiger partial charge in [-0.2, -0.15) is 0 Å². The van der Waals surface area contributed by atoms with Crippen LogP contribution in [0.1, 0.15) is 25.1 Å². The van der Waals surface area contributed by atoms with E-state index in [1.54, 1.807) is 0 Å². The third-order valence-electron chi connectivity index (χ3n) is 3.85. The summed E-state index contributed by atoms with van der Waals surface area (Å²) < 4.78 is 0.751. The standard InChI is InChI=1S/C14H22ClN3OS.ClH/c1-14(2)9-18(6-5-11(14)16)8-13(19)17-7-10-3-4-12(15)20-10;/h3-4,11H,5-9,16H2,1-2H3,(H,17,19);1H. The molecule has 0 aliphatic carbocycles. The summed E-state index contributed by atoms with van der Waals surface area (Å²) in [4.78, 5) is 15.2. The lowest BCUT2D eigenvalue weighted by atomic mass is 9.80. The highest BCUT2D eigenvalue weighted by atomic mass is 35.5. The van der Waals surface area contributed by atoms with Crippen LogP contribution in [0.15, 0.2) is 12.1 Å². The van der Waals surface area contributed by atoms with Gasteiger partial charge in [0.05, 0.1) is 17.4 Å². The van der Waals surface area contributed by atoms with Crippen LogP contribution in [0.2, 0.25) is 4.34 Å². The van der Waals surface area contributed by atoms with Gasteiger partial charge >= 0.3 is 0 Å². The second-order valence-corrected chi connectivity index (χ2v) is 7.88. The maximum absolute atomic E-state index is 12.0. The molecule has 2 rings (SSSR count). The number of halogens is 2. The van der Waals surface area contributed by atoms with Crippen molar-refractivity contribution in [2.45, 2.75) is 32.9 Å². The van der Waals surface area contributed by atoms with E-state index >= 15 is 0 Å². The summed E-state index contributed by atoms with van der Waals surface area (Å²) >= 11 is 7.36. The van der Waals surface area contributed by atoms with Gasteiger partial charge in [-0.25, -0.2) is 0 Å². The van der Waals surface area contributed by atoms with Crippen molar-refractivity contribution in [3.8, 4) is 0 Å². The average Bonchev–Trinajstić information content (AvgIpc) is 2.77. The number of nitrogens with one attached hydrogen (secondary N) is 1. The van der Waals surface area contributed by atoms with E-state index < -0.39 is 0 Å². The second-order valence-electron chi connectivity index (χ2n) is 6.08. The minimum atomic E-state index is 0. The van der Waals surface area contributed by atoms with Gasteiger partial charge in [-0.3, -0.25) is 9.69 Å². The molecule has 0 spiro atoms. The predicted octanol–water partition coefficient (Wildman–Crippen LogP) is 2.50. The summed E-state index contributed by atoms with van der Waals surface area (Å²) in [5.74, 6) is 0.0563. The van der Waals surface area contributed by atoms with Crippen LogP contribution in [0.25, 0.3) is 0 Å². The molecule has 1 fully saturated rings. The van der Waals surface area contributed by atoms with Gasteiger partial charge in [0, 0.05) is 24.0 Å². The molecule has 0 radical (unpaired) electrons. The van der Waals surface area contributed by atoms with Crippen molar-refractivity contribution in [3.63, 3.8) is 0 Å². The second kappa shape index (κ2) is 7.79. The van der Waals surface area contributed by atoms with Crippen molar-refractivity contribution in [1.82, 2.24) is 10.2 Å². The molecular formula is C14H23Cl2N3OS. The van der Waals surface area contributed by atoms with Gasteiger partial charge in [-0.15, -0.1) is 23.7 Å². The molecule has 0 bridgehead atoms. The summed E-state index contributed by atoms with van der Waals surface area (Å²) in [5.41, 5.74) is 6.17. The third kappa shape index (κ3) is 5.42. The van der Waals surface area contributed by atoms with E-state index in [-0.39, 0.29) is 29.8 Å². The zero-order chi connectivity index (χ0) is 14.8. The molecule has 21 heavy (non-hydrogen) atoms. The van der Waals surface area contributed by atoms with E-state index in [1.807, 2.05) is 12.1 Å². The number of nitrogens with zero attached hydrogens (tertiary/aromatic N) is 1. The molecule has 4 nitrogen and oxygen atoms in total. The minimum absolute atomic E-state index is 0. The van der Waals surface area contributed by atoms with Crippen LogP contribution in [-0.4, -0.2) is 36.5 Å². The first-order valence-electron chi connectivity index (χ1n) is 6.86. The molecule has 2 heterocycles. The van der Waals surface area contributed by atoms with E-state index in [9.17, 15) is 4.79 Å². The smallest absolute Gasteiger partial charge is 0.234 e. The number of hydrogen-bond acceptors (Lipinski definition) is 4. The van der Waals surface area contributed by atoms with Gasteiger partial charge in [-0.1, -0.05) is 25.4 Å². The number of likely N-dealkylation sites (tertiary alicyclic amines) is 1. The number of hydrogen-bond donors (Lipinski definition) is 2. The fourth-order valence-electron chi connectivity index (χ4n) is 2.51. The van der Waals surface area contributed by atoms with E-state index in [1.165, 1.54) is 11.3 Å². The van der Waals surface area contributed by atoms with Crippen molar-refractivity contribution in [3.05, 3.63) is 21.3 Å². The molecule has 0 aromatic carbocycles. The Kier molecular flexibility index (Phi) is 6.94. The quantitative estimate of drug-likeness (QED) is 0.875. The maximum atomic E-state index is 12.0. The Bertz CT molecular complexity index is 479. The molecule has 1 aromatic rings. The topological polar surface area (TPSA) is 58.4 Å². The number of thiophene rings is 1. The molecule has 1 unspecified atom stereocenters. The normalized spacial score (nSPS) is 21.6. The van der Waals surface area contributed by atoms with Crippen molar-refractivity contribution >= 4 is 41.3 Å². The van der Waals surface area contributed by atoms with Gasteiger partial charge in [-0.05, 0) is 24.0 Å². The van der Waals surface area contributed by atoms with Gasteiger partial charge in [0.1, 0.15) is 0 Å². The molecule has 120 valence electrons. The summed E-state index contributed by atoms with van der Waals surface area (Å²) in [6, 6.07) is 4.01. The molecule has 1 aliphatic heterocycles. The Balaban J connectivity index is 0.00000220. The third-order valence-corrected chi connectivity index (χ3v) is 5.08.